The highest BCUT2D eigenvalue weighted by Crippen LogP contribution is 2.17. The van der Waals surface area contributed by atoms with Gasteiger partial charge in [0.2, 0.25) is 0 Å². The second-order valence-electron chi connectivity index (χ2n) is 3.64. The third kappa shape index (κ3) is 4.79. The second kappa shape index (κ2) is 7.15. The molecule has 0 heterocycles. The fraction of sp³-hybridized carbons (Fsp3) is 0.231. The lowest BCUT2D eigenvalue weighted by Gasteiger charge is -2.21. The molecule has 1 rings (SSSR count). The fourth-order valence-electron chi connectivity index (χ4n) is 1.39. The highest BCUT2D eigenvalue weighted by Gasteiger charge is 2.18. The van der Waals surface area contributed by atoms with Crippen molar-refractivity contribution in [1.82, 2.24) is 0 Å². The van der Waals surface area contributed by atoms with E-state index in [1.165, 1.54) is 24.3 Å². The Morgan fingerprint density at radius 2 is 2.21 bits per heavy atom. The first-order chi connectivity index (χ1) is 9.04. The fourth-order valence-corrected chi connectivity index (χ4v) is 1.39. The molecule has 0 aromatic heterocycles. The number of nitrogens with zero attached hydrogens (tertiary/aromatic N) is 1. The minimum absolute atomic E-state index is 0.00226. The van der Waals surface area contributed by atoms with Gasteiger partial charge in [-0.25, -0.2) is 9.18 Å². The molecule has 6 heteroatoms. The number of carboxylic acid groups (broad SMARTS) is 1. The highest BCUT2D eigenvalue weighted by molar-refractivity contribution is 5.88. The maximum atomic E-state index is 13.1. The minimum Gasteiger partial charge on any atom is -0.481 e. The summed E-state index contributed by atoms with van der Waals surface area (Å²) in [4.78, 5) is 23.4. The van der Waals surface area contributed by atoms with E-state index in [1.807, 2.05) is 0 Å². The van der Waals surface area contributed by atoms with Crippen molar-refractivity contribution < 1.29 is 23.8 Å². The van der Waals surface area contributed by atoms with E-state index >= 15 is 0 Å². The zero-order valence-corrected chi connectivity index (χ0v) is 10.2. The summed E-state index contributed by atoms with van der Waals surface area (Å²) in [5, 5.41) is 8.65. The molecule has 0 spiro atoms. The van der Waals surface area contributed by atoms with Crippen LogP contribution in [0.25, 0.3) is 0 Å². The maximum absolute atomic E-state index is 13.1. The van der Waals surface area contributed by atoms with Crippen molar-refractivity contribution in [3.05, 3.63) is 42.7 Å². The van der Waals surface area contributed by atoms with Crippen molar-refractivity contribution in [1.29, 1.82) is 0 Å². The smallest absolute Gasteiger partial charge is 0.414 e. The number of carbonyl (C=O) groups is 2. The topological polar surface area (TPSA) is 66.8 Å². The number of ether oxygens (including phenoxy) is 1. The number of carbonyl (C=O) groups excluding carboxylic acids is 1. The number of carboxylic acids is 1. The van der Waals surface area contributed by atoms with Crippen LogP contribution in [0.4, 0.5) is 14.9 Å². The molecule has 1 aromatic rings. The van der Waals surface area contributed by atoms with Crippen molar-refractivity contribution in [2.75, 3.05) is 18.1 Å². The Labute approximate surface area is 109 Å². The third-order valence-corrected chi connectivity index (χ3v) is 2.21. The molecule has 1 amide bonds. The summed E-state index contributed by atoms with van der Waals surface area (Å²) in [7, 11) is 0. The average Bonchev–Trinajstić information content (AvgIpc) is 2.36. The van der Waals surface area contributed by atoms with Crippen LogP contribution >= 0.6 is 0 Å². The molecule has 5 nitrogen and oxygen atoms in total. The minimum atomic E-state index is -1.06. The first-order valence-corrected chi connectivity index (χ1v) is 5.57. The Bertz CT molecular complexity index is 475. The van der Waals surface area contributed by atoms with Gasteiger partial charge in [-0.15, -0.1) is 0 Å². The Morgan fingerprint density at radius 1 is 1.47 bits per heavy atom. The summed E-state index contributed by atoms with van der Waals surface area (Å²) < 4.78 is 18.0. The molecule has 0 aliphatic carbocycles. The lowest BCUT2D eigenvalue weighted by atomic mass is 10.2. The van der Waals surface area contributed by atoms with Crippen molar-refractivity contribution in [2.24, 2.45) is 0 Å². The predicted octanol–water partition coefficient (Wildman–Crippen LogP) is 2.43. The zero-order valence-electron chi connectivity index (χ0n) is 10.2. The molecule has 19 heavy (non-hydrogen) atoms. The number of benzene rings is 1. The van der Waals surface area contributed by atoms with Crippen molar-refractivity contribution >= 4 is 17.7 Å². The van der Waals surface area contributed by atoms with Crippen LogP contribution in [-0.2, 0) is 9.53 Å². The van der Waals surface area contributed by atoms with Gasteiger partial charge in [-0.3, -0.25) is 9.69 Å². The van der Waals surface area contributed by atoms with Crippen molar-refractivity contribution in [3.63, 3.8) is 0 Å². The number of anilines is 1. The van der Waals surface area contributed by atoms with Crippen LogP contribution < -0.4 is 4.90 Å². The second-order valence-corrected chi connectivity index (χ2v) is 3.64. The molecule has 1 aromatic carbocycles. The van der Waals surface area contributed by atoms with Gasteiger partial charge < -0.3 is 9.84 Å². The Kier molecular flexibility index (Phi) is 5.53. The molecule has 0 bridgehead atoms. The molecular formula is C13H14FNO4. The summed E-state index contributed by atoms with van der Waals surface area (Å²) in [6, 6.07) is 5.30. The average molecular weight is 267 g/mol. The number of rotatable bonds is 6. The van der Waals surface area contributed by atoms with E-state index in [4.69, 9.17) is 9.84 Å². The number of hydrogen-bond acceptors (Lipinski definition) is 3. The number of amides is 1. The summed E-state index contributed by atoms with van der Waals surface area (Å²) in [5.41, 5.74) is 0.246. The predicted molar refractivity (Wildman–Crippen MR) is 67.5 cm³/mol. The Hall–Kier alpha value is -2.37. The van der Waals surface area contributed by atoms with Crippen LogP contribution in [-0.4, -0.2) is 30.3 Å². The lowest BCUT2D eigenvalue weighted by Crippen LogP contribution is -2.33. The van der Waals surface area contributed by atoms with E-state index in [-0.39, 0.29) is 25.3 Å². The molecule has 0 saturated carbocycles. The van der Waals surface area contributed by atoms with Crippen LogP contribution in [0.5, 0.6) is 0 Å². The zero-order chi connectivity index (χ0) is 14.3. The molecule has 0 aliphatic heterocycles. The first kappa shape index (κ1) is 14.7. The first-order valence-electron chi connectivity index (χ1n) is 5.57. The summed E-state index contributed by atoms with van der Waals surface area (Å²) in [5.74, 6) is -1.58. The largest absolute Gasteiger partial charge is 0.481 e. The highest BCUT2D eigenvalue weighted by atomic mass is 19.1. The number of halogens is 1. The molecule has 102 valence electrons. The van der Waals surface area contributed by atoms with Gasteiger partial charge in [0.05, 0.1) is 6.42 Å². The van der Waals surface area contributed by atoms with Gasteiger partial charge in [0.1, 0.15) is 12.4 Å². The van der Waals surface area contributed by atoms with Crippen LogP contribution in [0.1, 0.15) is 6.42 Å². The summed E-state index contributed by atoms with van der Waals surface area (Å²) in [6.07, 6.45) is 0.380. The molecule has 0 saturated heterocycles. The van der Waals surface area contributed by atoms with Crippen molar-refractivity contribution in [2.45, 2.75) is 6.42 Å². The monoisotopic (exact) mass is 267 g/mol. The Balaban J connectivity index is 2.87. The molecule has 0 fully saturated rings. The van der Waals surface area contributed by atoms with Crippen LogP contribution in [0.15, 0.2) is 36.9 Å². The molecule has 0 atom stereocenters. The van der Waals surface area contributed by atoms with E-state index in [0.717, 1.165) is 11.0 Å². The number of hydrogen-bond donors (Lipinski definition) is 1. The van der Waals surface area contributed by atoms with Gasteiger partial charge in [0.25, 0.3) is 0 Å². The van der Waals surface area contributed by atoms with Crippen molar-refractivity contribution in [3.8, 4) is 0 Å². The molecular weight excluding hydrogens is 253 g/mol. The standard InChI is InChI=1S/C13H14FNO4/c1-2-8-19-13(18)15(7-6-12(16)17)11-5-3-4-10(14)9-11/h2-5,9H,1,6-8H2,(H,16,17). The van der Waals surface area contributed by atoms with Gasteiger partial charge >= 0.3 is 12.1 Å². The summed E-state index contributed by atoms with van der Waals surface area (Å²) >= 11 is 0. The van der Waals surface area contributed by atoms with Gasteiger partial charge in [-0.1, -0.05) is 18.7 Å². The quantitative estimate of drug-likeness (QED) is 0.804. The van der Waals surface area contributed by atoms with E-state index in [1.54, 1.807) is 0 Å². The van der Waals surface area contributed by atoms with E-state index in [0.29, 0.717) is 0 Å². The van der Waals surface area contributed by atoms with Gasteiger partial charge in [-0.2, -0.15) is 0 Å². The maximum Gasteiger partial charge on any atom is 0.414 e. The lowest BCUT2D eigenvalue weighted by molar-refractivity contribution is -0.136. The van der Waals surface area contributed by atoms with E-state index < -0.39 is 17.9 Å². The van der Waals surface area contributed by atoms with E-state index in [9.17, 15) is 14.0 Å². The van der Waals surface area contributed by atoms with Gasteiger partial charge in [0.15, 0.2) is 0 Å². The molecule has 0 aliphatic rings. The van der Waals surface area contributed by atoms with Gasteiger partial charge in [0, 0.05) is 12.2 Å². The Morgan fingerprint density at radius 3 is 2.79 bits per heavy atom. The third-order valence-electron chi connectivity index (χ3n) is 2.21. The molecule has 1 N–H and O–H groups in total. The summed E-state index contributed by atoms with van der Waals surface area (Å²) in [6.45, 7) is 3.30. The SMILES string of the molecule is C=CCOC(=O)N(CCC(=O)O)c1cccc(F)c1. The van der Waals surface area contributed by atoms with Crippen LogP contribution in [0, 0.1) is 5.82 Å². The molecule has 0 unspecified atom stereocenters. The van der Waals surface area contributed by atoms with Crippen LogP contribution in [0.2, 0.25) is 0 Å². The normalized spacial score (nSPS) is 9.74. The molecule has 0 radical (unpaired) electrons. The van der Waals surface area contributed by atoms with E-state index in [2.05, 4.69) is 6.58 Å². The van der Waals surface area contributed by atoms with Gasteiger partial charge in [-0.05, 0) is 18.2 Å². The number of aliphatic carboxylic acids is 1. The van der Waals surface area contributed by atoms with Crippen LogP contribution in [0.3, 0.4) is 0 Å².